The van der Waals surface area contributed by atoms with Crippen molar-refractivity contribution in [3.63, 3.8) is 0 Å². The predicted octanol–water partition coefficient (Wildman–Crippen LogP) is 1.46. The van der Waals surface area contributed by atoms with E-state index in [1.54, 1.807) is 4.90 Å². The third kappa shape index (κ3) is 3.83. The summed E-state index contributed by atoms with van der Waals surface area (Å²) in [5.41, 5.74) is 0.119. The molecular formula is C13H18ClN3O4. The third-order valence-electron chi connectivity index (χ3n) is 3.28. The Morgan fingerprint density at radius 1 is 1.52 bits per heavy atom. The van der Waals surface area contributed by atoms with Gasteiger partial charge in [-0.1, -0.05) is 0 Å². The lowest BCUT2D eigenvalue weighted by Crippen LogP contribution is -2.51. The number of carbonyl (C=O) groups excluding carboxylic acids is 1. The SMILES string of the molecule is COc1ccc([N+](=O)[O-])cc1C(=O)N1CCNC(C)C1.Cl. The van der Waals surface area contributed by atoms with Gasteiger partial charge in [-0.15, -0.1) is 12.4 Å². The normalized spacial score (nSPS) is 17.8. The van der Waals surface area contributed by atoms with Gasteiger partial charge < -0.3 is 15.0 Å². The molecule has 1 aromatic carbocycles. The average molecular weight is 316 g/mol. The van der Waals surface area contributed by atoms with Crippen molar-refractivity contribution >= 4 is 24.0 Å². The minimum atomic E-state index is -0.517. The Kier molecular flexibility index (Phi) is 5.92. The van der Waals surface area contributed by atoms with Gasteiger partial charge in [-0.05, 0) is 13.0 Å². The Hall–Kier alpha value is -1.86. The minimum absolute atomic E-state index is 0. The molecule has 1 unspecified atom stereocenters. The minimum Gasteiger partial charge on any atom is -0.496 e. The highest BCUT2D eigenvalue weighted by Crippen LogP contribution is 2.25. The molecule has 7 nitrogen and oxygen atoms in total. The van der Waals surface area contributed by atoms with Gasteiger partial charge in [-0.25, -0.2) is 0 Å². The van der Waals surface area contributed by atoms with Crippen LogP contribution in [0, 0.1) is 10.1 Å². The van der Waals surface area contributed by atoms with Crippen molar-refractivity contribution in [2.75, 3.05) is 26.7 Å². The highest BCUT2D eigenvalue weighted by atomic mass is 35.5. The van der Waals surface area contributed by atoms with Crippen LogP contribution in [-0.4, -0.2) is 48.5 Å². The number of piperazine rings is 1. The number of halogens is 1. The number of nitrogens with one attached hydrogen (secondary N) is 1. The second-order valence-corrected chi connectivity index (χ2v) is 4.75. The fourth-order valence-electron chi connectivity index (χ4n) is 2.26. The molecule has 1 aromatic rings. The highest BCUT2D eigenvalue weighted by molar-refractivity contribution is 5.97. The summed E-state index contributed by atoms with van der Waals surface area (Å²) in [6.07, 6.45) is 0. The standard InChI is InChI=1S/C13H17N3O4.ClH/c1-9-8-15(6-5-14-9)13(17)11-7-10(16(18)19)3-4-12(11)20-2;/h3-4,7,9,14H,5-6,8H2,1-2H3;1H. The Morgan fingerprint density at radius 3 is 2.81 bits per heavy atom. The summed E-state index contributed by atoms with van der Waals surface area (Å²) in [7, 11) is 1.44. The quantitative estimate of drug-likeness (QED) is 0.674. The lowest BCUT2D eigenvalue weighted by Gasteiger charge is -2.32. The molecule has 0 saturated carbocycles. The van der Waals surface area contributed by atoms with E-state index < -0.39 is 4.92 Å². The van der Waals surface area contributed by atoms with Crippen LogP contribution in [0.1, 0.15) is 17.3 Å². The first-order valence-electron chi connectivity index (χ1n) is 6.38. The summed E-state index contributed by atoms with van der Waals surface area (Å²) < 4.78 is 5.13. The van der Waals surface area contributed by atoms with E-state index in [0.29, 0.717) is 25.4 Å². The highest BCUT2D eigenvalue weighted by Gasteiger charge is 2.25. The van der Waals surface area contributed by atoms with E-state index in [0.717, 1.165) is 0 Å². The zero-order valence-electron chi connectivity index (χ0n) is 11.9. The van der Waals surface area contributed by atoms with E-state index >= 15 is 0 Å². The van der Waals surface area contributed by atoms with Crippen molar-refractivity contribution in [1.82, 2.24) is 10.2 Å². The van der Waals surface area contributed by atoms with E-state index in [4.69, 9.17) is 4.74 Å². The van der Waals surface area contributed by atoms with Crippen LogP contribution in [0.2, 0.25) is 0 Å². The summed E-state index contributed by atoms with van der Waals surface area (Å²) in [5, 5.41) is 14.1. The van der Waals surface area contributed by atoms with Gasteiger partial charge in [-0.3, -0.25) is 14.9 Å². The Labute approximate surface area is 128 Å². The zero-order chi connectivity index (χ0) is 14.7. The van der Waals surface area contributed by atoms with Crippen molar-refractivity contribution in [3.8, 4) is 5.75 Å². The number of nitro groups is 1. The smallest absolute Gasteiger partial charge is 0.270 e. The first-order chi connectivity index (χ1) is 9.52. The van der Waals surface area contributed by atoms with Crippen molar-refractivity contribution in [2.24, 2.45) is 0 Å². The van der Waals surface area contributed by atoms with Gasteiger partial charge in [0.15, 0.2) is 0 Å². The Morgan fingerprint density at radius 2 is 2.24 bits per heavy atom. The largest absolute Gasteiger partial charge is 0.496 e. The number of nitro benzene ring substituents is 1. The van der Waals surface area contributed by atoms with Gasteiger partial charge in [0.25, 0.3) is 11.6 Å². The first-order valence-corrected chi connectivity index (χ1v) is 6.38. The number of amides is 1. The van der Waals surface area contributed by atoms with Crippen LogP contribution in [0.4, 0.5) is 5.69 Å². The molecule has 0 aliphatic carbocycles. The van der Waals surface area contributed by atoms with Gasteiger partial charge in [0.05, 0.1) is 17.6 Å². The van der Waals surface area contributed by atoms with Crippen molar-refractivity contribution in [3.05, 3.63) is 33.9 Å². The van der Waals surface area contributed by atoms with E-state index in [9.17, 15) is 14.9 Å². The number of carbonyl (C=O) groups is 1. The first kappa shape index (κ1) is 17.2. The number of hydrogen-bond acceptors (Lipinski definition) is 5. The molecule has 1 aliphatic heterocycles. The van der Waals surface area contributed by atoms with Crippen LogP contribution in [0.3, 0.4) is 0 Å². The second-order valence-electron chi connectivity index (χ2n) is 4.75. The number of benzene rings is 1. The van der Waals surface area contributed by atoms with Crippen molar-refractivity contribution in [2.45, 2.75) is 13.0 Å². The molecule has 2 rings (SSSR count). The van der Waals surface area contributed by atoms with Gasteiger partial charge in [-0.2, -0.15) is 0 Å². The fourth-order valence-corrected chi connectivity index (χ4v) is 2.26. The summed E-state index contributed by atoms with van der Waals surface area (Å²) >= 11 is 0. The van der Waals surface area contributed by atoms with Gasteiger partial charge >= 0.3 is 0 Å². The molecule has 1 amide bonds. The zero-order valence-corrected chi connectivity index (χ0v) is 12.7. The third-order valence-corrected chi connectivity index (χ3v) is 3.28. The summed E-state index contributed by atoms with van der Waals surface area (Å²) in [5.74, 6) is 0.116. The van der Waals surface area contributed by atoms with Crippen LogP contribution < -0.4 is 10.1 Å². The molecule has 116 valence electrons. The van der Waals surface area contributed by atoms with Gasteiger partial charge in [0.2, 0.25) is 0 Å². The van der Waals surface area contributed by atoms with E-state index in [2.05, 4.69) is 5.32 Å². The molecule has 0 spiro atoms. The van der Waals surface area contributed by atoms with Gasteiger partial charge in [0, 0.05) is 37.8 Å². The summed E-state index contributed by atoms with van der Waals surface area (Å²) in [4.78, 5) is 24.5. The van der Waals surface area contributed by atoms with Crippen LogP contribution >= 0.6 is 12.4 Å². The maximum atomic E-state index is 12.5. The summed E-state index contributed by atoms with van der Waals surface area (Å²) in [6.45, 7) is 3.86. The molecule has 1 saturated heterocycles. The maximum absolute atomic E-state index is 12.5. The Balaban J connectivity index is 0.00000220. The monoisotopic (exact) mass is 315 g/mol. The van der Waals surface area contributed by atoms with E-state index in [1.807, 2.05) is 6.92 Å². The fraction of sp³-hybridized carbons (Fsp3) is 0.462. The number of hydrogen-bond donors (Lipinski definition) is 1. The molecule has 0 aromatic heterocycles. The van der Waals surface area contributed by atoms with Crippen molar-refractivity contribution in [1.29, 1.82) is 0 Å². The molecule has 21 heavy (non-hydrogen) atoms. The van der Waals surface area contributed by atoms with Crippen LogP contribution in [0.25, 0.3) is 0 Å². The van der Waals surface area contributed by atoms with Gasteiger partial charge in [0.1, 0.15) is 5.75 Å². The van der Waals surface area contributed by atoms with Crippen LogP contribution in [0.15, 0.2) is 18.2 Å². The number of non-ortho nitro benzene ring substituents is 1. The number of methoxy groups -OCH3 is 1. The molecule has 8 heteroatoms. The molecule has 1 atom stereocenters. The van der Waals surface area contributed by atoms with Crippen LogP contribution in [0.5, 0.6) is 5.75 Å². The molecule has 0 bridgehead atoms. The predicted molar refractivity (Wildman–Crippen MR) is 80.3 cm³/mol. The second kappa shape index (κ2) is 7.24. The number of rotatable bonds is 3. The molecule has 1 aliphatic rings. The molecule has 1 N–H and O–H groups in total. The molecule has 0 radical (unpaired) electrons. The molecule has 1 heterocycles. The lowest BCUT2D eigenvalue weighted by atomic mass is 10.1. The van der Waals surface area contributed by atoms with E-state index in [-0.39, 0.29) is 35.6 Å². The lowest BCUT2D eigenvalue weighted by molar-refractivity contribution is -0.384. The number of ether oxygens (including phenoxy) is 1. The average Bonchev–Trinajstić information content (AvgIpc) is 2.45. The van der Waals surface area contributed by atoms with Crippen molar-refractivity contribution < 1.29 is 14.5 Å². The maximum Gasteiger partial charge on any atom is 0.270 e. The van der Waals surface area contributed by atoms with Crippen LogP contribution in [-0.2, 0) is 0 Å². The summed E-state index contributed by atoms with van der Waals surface area (Å²) in [6, 6.07) is 4.26. The molecule has 1 fully saturated rings. The topological polar surface area (TPSA) is 84.7 Å². The number of nitrogens with zero attached hydrogens (tertiary/aromatic N) is 2. The molecular weight excluding hydrogens is 298 g/mol. The van der Waals surface area contributed by atoms with E-state index in [1.165, 1.54) is 25.3 Å². The Bertz CT molecular complexity index is 538.